The Morgan fingerprint density at radius 1 is 1.03 bits per heavy atom. The number of amides is 1. The zero-order chi connectivity index (χ0) is 23.5. The Bertz CT molecular complexity index is 906. The zero-order valence-corrected chi connectivity index (χ0v) is 20.7. The summed E-state index contributed by atoms with van der Waals surface area (Å²) < 4.78 is 5.61. The third-order valence-electron chi connectivity index (χ3n) is 7.09. The lowest BCUT2D eigenvalue weighted by atomic mass is 9.83. The van der Waals surface area contributed by atoms with Crippen LogP contribution in [0.4, 0.5) is 0 Å². The highest BCUT2D eigenvalue weighted by Crippen LogP contribution is 2.30. The normalized spacial score (nSPS) is 17.5. The number of methoxy groups -OCH3 is 1. The molecule has 2 atom stereocenters. The second kappa shape index (κ2) is 13.2. The summed E-state index contributed by atoms with van der Waals surface area (Å²) in [5, 5.41) is 3.15. The van der Waals surface area contributed by atoms with E-state index in [1.54, 1.807) is 7.11 Å². The van der Waals surface area contributed by atoms with Crippen LogP contribution in [0, 0.1) is 11.8 Å². The van der Waals surface area contributed by atoms with Crippen LogP contribution in [0.1, 0.15) is 81.1 Å². The lowest BCUT2D eigenvalue weighted by Crippen LogP contribution is -2.26. The van der Waals surface area contributed by atoms with Crippen molar-refractivity contribution in [2.45, 2.75) is 71.6 Å². The predicted molar refractivity (Wildman–Crippen MR) is 138 cm³/mol. The number of allylic oxidation sites excluding steroid dienone is 8. The SMILES string of the molecule is COC1=C(CC(C)C(C)Cc2ccccc2C(=O)NCCCCC2=CC=CCC2)C=CCC1. The molecule has 1 N–H and O–H groups in total. The topological polar surface area (TPSA) is 38.3 Å². The molecule has 33 heavy (non-hydrogen) atoms. The molecule has 0 aromatic heterocycles. The molecule has 2 aliphatic carbocycles. The maximum atomic E-state index is 12.9. The largest absolute Gasteiger partial charge is 0.501 e. The lowest BCUT2D eigenvalue weighted by Gasteiger charge is -2.24. The molecule has 0 fully saturated rings. The van der Waals surface area contributed by atoms with Crippen LogP contribution in [-0.4, -0.2) is 19.6 Å². The van der Waals surface area contributed by atoms with E-state index in [1.807, 2.05) is 18.2 Å². The molecule has 1 aromatic carbocycles. The van der Waals surface area contributed by atoms with E-state index in [1.165, 1.54) is 17.6 Å². The summed E-state index contributed by atoms with van der Waals surface area (Å²) in [4.78, 5) is 12.9. The van der Waals surface area contributed by atoms with Gasteiger partial charge in [-0.2, -0.15) is 0 Å². The van der Waals surface area contributed by atoms with E-state index in [2.05, 4.69) is 55.6 Å². The van der Waals surface area contributed by atoms with Crippen LogP contribution in [0.25, 0.3) is 0 Å². The maximum Gasteiger partial charge on any atom is 0.251 e. The summed E-state index contributed by atoms with van der Waals surface area (Å²) in [6, 6.07) is 8.10. The van der Waals surface area contributed by atoms with Crippen LogP contribution in [-0.2, 0) is 11.2 Å². The first kappa shape index (κ1) is 25.1. The van der Waals surface area contributed by atoms with Crippen molar-refractivity contribution in [2.24, 2.45) is 11.8 Å². The summed E-state index contributed by atoms with van der Waals surface area (Å²) in [5.41, 5.74) is 4.84. The standard InChI is InChI=1S/C30H41NO2/c1-23(24(2)22-27-17-8-10-19-29(27)33-3)21-26-16-7-9-18-28(26)30(32)31-20-12-11-15-25-13-5-4-6-14-25/h4-5,7-9,13,16-18,23-24H,6,10-12,14-15,19-22H2,1-3H3,(H,31,32). The molecule has 0 heterocycles. The van der Waals surface area contributed by atoms with Crippen molar-refractivity contribution >= 4 is 5.91 Å². The maximum absolute atomic E-state index is 12.9. The molecule has 0 saturated heterocycles. The number of carbonyl (C=O) groups excluding carboxylic acids is 1. The number of benzene rings is 1. The Hall–Kier alpha value is -2.55. The zero-order valence-electron chi connectivity index (χ0n) is 20.7. The molecule has 2 unspecified atom stereocenters. The van der Waals surface area contributed by atoms with Crippen LogP contribution in [0.5, 0.6) is 0 Å². The highest BCUT2D eigenvalue weighted by atomic mass is 16.5. The van der Waals surface area contributed by atoms with Gasteiger partial charge in [0.05, 0.1) is 12.9 Å². The van der Waals surface area contributed by atoms with E-state index < -0.39 is 0 Å². The molecular formula is C30H41NO2. The molecular weight excluding hydrogens is 406 g/mol. The van der Waals surface area contributed by atoms with Crippen LogP contribution >= 0.6 is 0 Å². The lowest BCUT2D eigenvalue weighted by molar-refractivity contribution is 0.0951. The average molecular weight is 448 g/mol. The highest BCUT2D eigenvalue weighted by molar-refractivity contribution is 5.95. The second-order valence-corrected chi connectivity index (χ2v) is 9.62. The fraction of sp³-hybridized carbons (Fsp3) is 0.500. The predicted octanol–water partition coefficient (Wildman–Crippen LogP) is 7.32. The third kappa shape index (κ3) is 7.77. The van der Waals surface area contributed by atoms with Crippen LogP contribution in [0.15, 0.2) is 71.6 Å². The van der Waals surface area contributed by atoms with E-state index in [4.69, 9.17) is 4.74 Å². The van der Waals surface area contributed by atoms with Gasteiger partial charge in [0.2, 0.25) is 0 Å². The van der Waals surface area contributed by atoms with Gasteiger partial charge in [-0.15, -0.1) is 0 Å². The number of ether oxygens (including phenoxy) is 1. The van der Waals surface area contributed by atoms with Gasteiger partial charge in [0.15, 0.2) is 0 Å². The molecule has 1 amide bonds. The highest BCUT2D eigenvalue weighted by Gasteiger charge is 2.20. The molecule has 3 heteroatoms. The summed E-state index contributed by atoms with van der Waals surface area (Å²) in [6.07, 6.45) is 20.8. The molecule has 0 aliphatic heterocycles. The number of hydrogen-bond donors (Lipinski definition) is 1. The minimum Gasteiger partial charge on any atom is -0.501 e. The van der Waals surface area contributed by atoms with Gasteiger partial charge in [0.1, 0.15) is 0 Å². The Morgan fingerprint density at radius 3 is 2.61 bits per heavy atom. The first-order valence-corrected chi connectivity index (χ1v) is 12.7. The van der Waals surface area contributed by atoms with E-state index in [-0.39, 0.29) is 5.91 Å². The quantitative estimate of drug-likeness (QED) is 0.341. The third-order valence-corrected chi connectivity index (χ3v) is 7.09. The van der Waals surface area contributed by atoms with Gasteiger partial charge in [-0.3, -0.25) is 4.79 Å². The van der Waals surface area contributed by atoms with Gasteiger partial charge < -0.3 is 10.1 Å². The van der Waals surface area contributed by atoms with E-state index in [0.29, 0.717) is 11.8 Å². The van der Waals surface area contributed by atoms with Crippen molar-refractivity contribution in [1.29, 1.82) is 0 Å². The summed E-state index contributed by atoms with van der Waals surface area (Å²) in [5.74, 6) is 2.17. The summed E-state index contributed by atoms with van der Waals surface area (Å²) >= 11 is 0. The molecule has 0 saturated carbocycles. The Labute approximate surface area is 200 Å². The van der Waals surface area contributed by atoms with E-state index in [0.717, 1.165) is 74.8 Å². The van der Waals surface area contributed by atoms with Crippen molar-refractivity contribution in [3.63, 3.8) is 0 Å². The van der Waals surface area contributed by atoms with Crippen molar-refractivity contribution in [3.05, 3.63) is 82.7 Å². The molecule has 1 aromatic rings. The number of carbonyl (C=O) groups is 1. The number of nitrogens with one attached hydrogen (secondary N) is 1. The Morgan fingerprint density at radius 2 is 1.82 bits per heavy atom. The fourth-order valence-corrected chi connectivity index (χ4v) is 4.76. The molecule has 0 bridgehead atoms. The molecule has 3 rings (SSSR count). The Kier molecular flexibility index (Phi) is 10.1. The second-order valence-electron chi connectivity index (χ2n) is 9.62. The van der Waals surface area contributed by atoms with Crippen molar-refractivity contribution in [3.8, 4) is 0 Å². The molecule has 2 aliphatic rings. The van der Waals surface area contributed by atoms with Crippen molar-refractivity contribution in [1.82, 2.24) is 5.32 Å². The fourth-order valence-electron chi connectivity index (χ4n) is 4.76. The van der Waals surface area contributed by atoms with Gasteiger partial charge in [-0.1, -0.05) is 68.0 Å². The van der Waals surface area contributed by atoms with Gasteiger partial charge in [0.25, 0.3) is 5.91 Å². The smallest absolute Gasteiger partial charge is 0.251 e. The van der Waals surface area contributed by atoms with Gasteiger partial charge in [0, 0.05) is 18.5 Å². The van der Waals surface area contributed by atoms with Crippen LogP contribution < -0.4 is 5.32 Å². The van der Waals surface area contributed by atoms with Crippen LogP contribution in [0.2, 0.25) is 0 Å². The number of rotatable bonds is 12. The molecule has 0 spiro atoms. The Balaban J connectivity index is 1.49. The number of hydrogen-bond acceptors (Lipinski definition) is 2. The molecule has 0 radical (unpaired) electrons. The summed E-state index contributed by atoms with van der Waals surface area (Å²) in [7, 11) is 1.78. The van der Waals surface area contributed by atoms with Gasteiger partial charge in [-0.25, -0.2) is 0 Å². The molecule has 178 valence electrons. The van der Waals surface area contributed by atoms with Crippen molar-refractivity contribution in [2.75, 3.05) is 13.7 Å². The first-order valence-electron chi connectivity index (χ1n) is 12.7. The number of unbranched alkanes of at least 4 members (excludes halogenated alkanes) is 1. The minimum absolute atomic E-state index is 0.0601. The van der Waals surface area contributed by atoms with Crippen LogP contribution in [0.3, 0.4) is 0 Å². The van der Waals surface area contributed by atoms with E-state index >= 15 is 0 Å². The van der Waals surface area contributed by atoms with Gasteiger partial charge in [-0.05, 0) is 80.4 Å². The molecule has 3 nitrogen and oxygen atoms in total. The first-order chi connectivity index (χ1) is 16.1. The van der Waals surface area contributed by atoms with Crippen molar-refractivity contribution < 1.29 is 9.53 Å². The average Bonchev–Trinajstić information content (AvgIpc) is 2.85. The monoisotopic (exact) mass is 447 g/mol. The van der Waals surface area contributed by atoms with Gasteiger partial charge >= 0.3 is 0 Å². The summed E-state index contributed by atoms with van der Waals surface area (Å²) in [6.45, 7) is 5.35. The minimum atomic E-state index is 0.0601. The van der Waals surface area contributed by atoms with E-state index in [9.17, 15) is 4.79 Å².